The maximum atomic E-state index is 12.7. The molecule has 4 nitrogen and oxygen atoms in total. The lowest BCUT2D eigenvalue weighted by Gasteiger charge is -2.35. The van der Waals surface area contributed by atoms with Gasteiger partial charge >= 0.3 is 0 Å². The number of halogens is 2. The van der Waals surface area contributed by atoms with Gasteiger partial charge in [-0.05, 0) is 25.7 Å². The fourth-order valence-electron chi connectivity index (χ4n) is 3.40. The quantitative estimate of drug-likeness (QED) is 0.852. The zero-order valence-electron chi connectivity index (χ0n) is 14.2. The minimum absolute atomic E-state index is 0. The number of aromatic nitrogens is 1. The molecule has 132 valence electrons. The first kappa shape index (κ1) is 20.7. The van der Waals surface area contributed by atoms with E-state index in [2.05, 4.69) is 31.1 Å². The smallest absolute Gasteiger partial charge is 0.265 e. The van der Waals surface area contributed by atoms with Crippen LogP contribution in [0.4, 0.5) is 0 Å². The van der Waals surface area contributed by atoms with Crippen molar-refractivity contribution in [1.82, 2.24) is 15.2 Å². The van der Waals surface area contributed by atoms with Crippen LogP contribution in [0.1, 0.15) is 61.1 Å². The van der Waals surface area contributed by atoms with E-state index in [1.54, 1.807) is 6.20 Å². The topological polar surface area (TPSA) is 45.2 Å². The van der Waals surface area contributed by atoms with Gasteiger partial charge in [-0.3, -0.25) is 4.79 Å². The standard InChI is InChI=1S/C16H25N3OS.2ClH/c1-16(2,3)15-17-9-13(21-15)14(20)19(4)12-7-10-5-6-11(8-12)18-10;;/h9-12,18H,5-8H2,1-4H3;2*1H. The summed E-state index contributed by atoms with van der Waals surface area (Å²) in [4.78, 5) is 19.9. The Labute approximate surface area is 155 Å². The summed E-state index contributed by atoms with van der Waals surface area (Å²) >= 11 is 1.54. The number of thiazole rings is 1. The van der Waals surface area contributed by atoms with Crippen molar-refractivity contribution >= 4 is 42.1 Å². The largest absolute Gasteiger partial charge is 0.338 e. The van der Waals surface area contributed by atoms with Gasteiger partial charge in [0.05, 0.1) is 11.2 Å². The second kappa shape index (κ2) is 7.68. The second-order valence-electron chi connectivity index (χ2n) is 7.46. The van der Waals surface area contributed by atoms with Crippen LogP contribution < -0.4 is 5.32 Å². The van der Waals surface area contributed by atoms with Gasteiger partial charge in [-0.25, -0.2) is 4.98 Å². The molecule has 1 N–H and O–H groups in total. The average molecular weight is 380 g/mol. The van der Waals surface area contributed by atoms with Crippen LogP contribution in [-0.4, -0.2) is 41.0 Å². The van der Waals surface area contributed by atoms with Gasteiger partial charge in [0.2, 0.25) is 0 Å². The Morgan fingerprint density at radius 3 is 2.30 bits per heavy atom. The third-order valence-electron chi connectivity index (χ3n) is 4.67. The molecule has 1 amide bonds. The molecule has 2 fully saturated rings. The number of piperidine rings is 1. The average Bonchev–Trinajstić information content (AvgIpc) is 3.03. The van der Waals surface area contributed by atoms with Crippen molar-refractivity contribution in [3.05, 3.63) is 16.1 Å². The van der Waals surface area contributed by atoms with Gasteiger partial charge in [-0.15, -0.1) is 36.2 Å². The lowest BCUT2D eigenvalue weighted by molar-refractivity contribution is 0.0686. The van der Waals surface area contributed by atoms with Crippen LogP contribution in [0.2, 0.25) is 0 Å². The molecule has 2 atom stereocenters. The van der Waals surface area contributed by atoms with Gasteiger partial charge in [0.25, 0.3) is 5.91 Å². The molecule has 2 aliphatic rings. The van der Waals surface area contributed by atoms with Crippen molar-refractivity contribution < 1.29 is 4.79 Å². The van der Waals surface area contributed by atoms with Crippen LogP contribution in [0.3, 0.4) is 0 Å². The minimum atomic E-state index is 0. The van der Waals surface area contributed by atoms with Gasteiger partial charge in [0, 0.05) is 30.6 Å². The van der Waals surface area contributed by atoms with E-state index < -0.39 is 0 Å². The molecule has 3 rings (SSSR count). The summed E-state index contributed by atoms with van der Waals surface area (Å²) < 4.78 is 0. The SMILES string of the molecule is CN(C(=O)c1cnc(C(C)(C)C)s1)C1CC2CCC(C1)N2.Cl.Cl. The molecule has 1 aromatic rings. The first-order valence-corrected chi connectivity index (χ1v) is 8.66. The third-order valence-corrected chi connectivity index (χ3v) is 6.09. The molecule has 2 bridgehead atoms. The van der Waals surface area contributed by atoms with Gasteiger partial charge in [-0.2, -0.15) is 0 Å². The van der Waals surface area contributed by atoms with E-state index >= 15 is 0 Å². The number of amides is 1. The van der Waals surface area contributed by atoms with Gasteiger partial charge in [0.15, 0.2) is 0 Å². The van der Waals surface area contributed by atoms with E-state index in [0.717, 1.165) is 22.7 Å². The van der Waals surface area contributed by atoms with E-state index in [-0.39, 0.29) is 36.1 Å². The van der Waals surface area contributed by atoms with Gasteiger partial charge in [-0.1, -0.05) is 20.8 Å². The molecule has 2 saturated heterocycles. The number of rotatable bonds is 2. The minimum Gasteiger partial charge on any atom is -0.338 e. The van der Waals surface area contributed by atoms with E-state index in [4.69, 9.17) is 0 Å². The summed E-state index contributed by atoms with van der Waals surface area (Å²) in [6, 6.07) is 1.59. The van der Waals surface area contributed by atoms with E-state index in [9.17, 15) is 4.79 Å². The van der Waals surface area contributed by atoms with E-state index in [1.807, 2.05) is 11.9 Å². The summed E-state index contributed by atoms with van der Waals surface area (Å²) in [7, 11) is 1.95. The molecule has 0 aromatic carbocycles. The van der Waals surface area contributed by atoms with E-state index in [0.29, 0.717) is 18.1 Å². The molecular weight excluding hydrogens is 353 g/mol. The molecule has 3 heterocycles. The number of carbonyl (C=O) groups excluding carboxylic acids is 1. The summed E-state index contributed by atoms with van der Waals surface area (Å²) in [5.41, 5.74) is 0.00956. The predicted molar refractivity (Wildman–Crippen MR) is 100 cm³/mol. The number of nitrogens with zero attached hydrogens (tertiary/aromatic N) is 2. The molecule has 0 saturated carbocycles. The van der Waals surface area contributed by atoms with Gasteiger partial charge < -0.3 is 10.2 Å². The number of fused-ring (bicyclic) bond motifs is 2. The molecule has 2 aliphatic heterocycles. The first-order chi connectivity index (χ1) is 9.84. The molecule has 23 heavy (non-hydrogen) atoms. The highest BCUT2D eigenvalue weighted by Crippen LogP contribution is 2.31. The van der Waals surface area contributed by atoms with Gasteiger partial charge in [0.1, 0.15) is 4.88 Å². The Bertz CT molecular complexity index is 532. The van der Waals surface area contributed by atoms with Crippen molar-refractivity contribution in [2.45, 2.75) is 70.0 Å². The third kappa shape index (κ3) is 4.38. The second-order valence-corrected chi connectivity index (χ2v) is 8.49. The van der Waals surface area contributed by atoms with Crippen LogP contribution in [0, 0.1) is 0 Å². The van der Waals surface area contributed by atoms with Crippen LogP contribution in [0.15, 0.2) is 6.20 Å². The molecule has 0 radical (unpaired) electrons. The molecule has 2 unspecified atom stereocenters. The van der Waals surface area contributed by atoms with Crippen LogP contribution in [0.25, 0.3) is 0 Å². The van der Waals surface area contributed by atoms with Crippen LogP contribution in [-0.2, 0) is 5.41 Å². The Kier molecular flexibility index (Phi) is 6.91. The maximum Gasteiger partial charge on any atom is 0.265 e. The molecular formula is C16H27Cl2N3OS. The zero-order valence-corrected chi connectivity index (χ0v) is 16.6. The number of carbonyl (C=O) groups is 1. The molecule has 0 spiro atoms. The maximum absolute atomic E-state index is 12.7. The molecule has 0 aliphatic carbocycles. The highest BCUT2D eigenvalue weighted by molar-refractivity contribution is 7.13. The fraction of sp³-hybridized carbons (Fsp3) is 0.750. The van der Waals surface area contributed by atoms with Crippen molar-refractivity contribution in [2.24, 2.45) is 0 Å². The summed E-state index contributed by atoms with van der Waals surface area (Å²) in [6.45, 7) is 6.40. The molecule has 7 heteroatoms. The predicted octanol–water partition coefficient (Wildman–Crippen LogP) is 3.64. The lowest BCUT2D eigenvalue weighted by atomic mass is 9.98. The number of hydrogen-bond acceptors (Lipinski definition) is 4. The van der Waals surface area contributed by atoms with E-state index in [1.165, 1.54) is 24.2 Å². The van der Waals surface area contributed by atoms with Crippen molar-refractivity contribution in [2.75, 3.05) is 7.05 Å². The Hall–Kier alpha value is -0.360. The van der Waals surface area contributed by atoms with Crippen LogP contribution in [0.5, 0.6) is 0 Å². The van der Waals surface area contributed by atoms with Crippen molar-refractivity contribution in [1.29, 1.82) is 0 Å². The molecule has 1 aromatic heterocycles. The Balaban J connectivity index is 0.00000132. The highest BCUT2D eigenvalue weighted by atomic mass is 35.5. The van der Waals surface area contributed by atoms with Crippen molar-refractivity contribution in [3.8, 4) is 0 Å². The lowest BCUT2D eigenvalue weighted by Crippen LogP contribution is -2.48. The zero-order chi connectivity index (χ0) is 15.2. The Morgan fingerprint density at radius 2 is 1.83 bits per heavy atom. The summed E-state index contributed by atoms with van der Waals surface area (Å²) in [6.07, 6.45) is 6.45. The van der Waals surface area contributed by atoms with Crippen molar-refractivity contribution in [3.63, 3.8) is 0 Å². The fourth-order valence-corrected chi connectivity index (χ4v) is 4.36. The monoisotopic (exact) mass is 379 g/mol. The number of hydrogen-bond donors (Lipinski definition) is 1. The summed E-state index contributed by atoms with van der Waals surface area (Å²) in [5.74, 6) is 0.134. The highest BCUT2D eigenvalue weighted by Gasteiger charge is 2.37. The van der Waals surface area contributed by atoms with Crippen LogP contribution >= 0.6 is 36.2 Å². The number of nitrogens with one attached hydrogen (secondary N) is 1. The normalized spacial score (nSPS) is 26.2. The Morgan fingerprint density at radius 1 is 1.26 bits per heavy atom. The summed E-state index contributed by atoms with van der Waals surface area (Å²) in [5, 5.41) is 4.66. The first-order valence-electron chi connectivity index (χ1n) is 7.84.